The second-order valence-electron chi connectivity index (χ2n) is 6.49. The van der Waals surface area contributed by atoms with E-state index < -0.39 is 54.0 Å². The zero-order valence-electron chi connectivity index (χ0n) is 15.9. The normalized spacial score (nSPS) is 29.4. The minimum atomic E-state index is -5.76. The summed E-state index contributed by atoms with van der Waals surface area (Å²) in [5.41, 5.74) is 3.61. The Hall–Kier alpha value is -1.80. The Labute approximate surface area is 183 Å². The third-order valence-corrected chi connectivity index (χ3v) is 8.11. The van der Waals surface area contributed by atoms with E-state index in [9.17, 15) is 34.1 Å². The fourth-order valence-corrected chi connectivity index (χ4v) is 6.05. The van der Waals surface area contributed by atoms with Gasteiger partial charge in [-0.3, -0.25) is 4.52 Å². The molecule has 1 aliphatic heterocycles. The van der Waals surface area contributed by atoms with E-state index in [-0.39, 0.29) is 17.0 Å². The molecule has 0 aromatic carbocycles. The molecule has 182 valence electrons. The number of ether oxygens (including phenoxy) is 1. The third kappa shape index (κ3) is 5.32. The molecule has 3 heterocycles. The Balaban J connectivity index is 1.80. The van der Waals surface area contributed by atoms with E-state index in [1.807, 2.05) is 0 Å². The number of hydrogen-bond acceptors (Lipinski definition) is 13. The molecular formula is C12H16N5O13P3. The predicted octanol–water partition coefficient (Wildman–Crippen LogP) is -1.51. The van der Waals surface area contributed by atoms with Crippen LogP contribution >= 0.6 is 23.5 Å². The van der Waals surface area contributed by atoms with Gasteiger partial charge in [-0.15, -0.1) is 0 Å². The number of nitrogens with two attached hydrogens (primary N) is 1. The van der Waals surface area contributed by atoms with Crippen molar-refractivity contribution in [3.05, 3.63) is 24.2 Å². The van der Waals surface area contributed by atoms with Gasteiger partial charge in [0.05, 0.1) is 12.3 Å². The van der Waals surface area contributed by atoms with Gasteiger partial charge in [-0.25, -0.2) is 23.2 Å². The first-order chi connectivity index (χ1) is 15.1. The van der Waals surface area contributed by atoms with Crippen LogP contribution in [0.15, 0.2) is 18.5 Å². The summed E-state index contributed by atoms with van der Waals surface area (Å²) in [4.78, 5) is 39.5. The average Bonchev–Trinajstić information content (AvgIpc) is 3.20. The zero-order chi connectivity index (χ0) is 24.8. The van der Waals surface area contributed by atoms with Crippen LogP contribution < -0.4 is 5.73 Å². The third-order valence-electron chi connectivity index (χ3n) is 4.30. The Morgan fingerprint density at radius 1 is 1.18 bits per heavy atom. The van der Waals surface area contributed by atoms with Crippen molar-refractivity contribution in [2.45, 2.75) is 23.9 Å². The van der Waals surface area contributed by atoms with Gasteiger partial charge in [0, 0.05) is 0 Å². The molecule has 3 unspecified atom stereocenters. The van der Waals surface area contributed by atoms with Gasteiger partial charge in [0.1, 0.15) is 36.2 Å². The van der Waals surface area contributed by atoms with Crippen LogP contribution in [0.1, 0.15) is 5.69 Å². The van der Waals surface area contributed by atoms with Gasteiger partial charge < -0.3 is 40.3 Å². The molecule has 0 radical (unpaired) electrons. The molecule has 0 bridgehead atoms. The number of aliphatic hydroxyl groups is 2. The van der Waals surface area contributed by atoms with Crippen molar-refractivity contribution >= 4 is 34.8 Å². The Morgan fingerprint density at radius 2 is 1.85 bits per heavy atom. The van der Waals surface area contributed by atoms with E-state index in [2.05, 4.69) is 23.2 Å². The van der Waals surface area contributed by atoms with Crippen LogP contribution in [0, 0.1) is 11.3 Å². The highest BCUT2D eigenvalue weighted by Gasteiger charge is 2.58. The molecular weight excluding hydrogens is 515 g/mol. The highest BCUT2D eigenvalue weighted by molar-refractivity contribution is 7.66. The summed E-state index contributed by atoms with van der Waals surface area (Å²) in [5.74, 6) is 0.0292. The van der Waals surface area contributed by atoms with E-state index >= 15 is 0 Å². The van der Waals surface area contributed by atoms with E-state index in [0.29, 0.717) is 0 Å². The fraction of sp³-hybridized carbons (Fsp3) is 0.417. The highest BCUT2D eigenvalue weighted by Crippen LogP contribution is 2.66. The number of hydrogen-bond donors (Lipinski definition) is 7. The van der Waals surface area contributed by atoms with Crippen molar-refractivity contribution in [2.75, 3.05) is 12.3 Å². The molecule has 6 atom stereocenters. The number of aromatic nitrogens is 3. The molecule has 0 amide bonds. The average molecular weight is 531 g/mol. The summed E-state index contributed by atoms with van der Waals surface area (Å²) < 4.78 is 52.0. The largest absolute Gasteiger partial charge is 0.490 e. The zero-order valence-corrected chi connectivity index (χ0v) is 18.6. The molecule has 0 aliphatic carbocycles. The number of nitrogens with zero attached hydrogens (tertiary/aromatic N) is 4. The lowest BCUT2D eigenvalue weighted by Gasteiger charge is -2.24. The van der Waals surface area contributed by atoms with Gasteiger partial charge >= 0.3 is 23.5 Å². The van der Waals surface area contributed by atoms with E-state index in [4.69, 9.17) is 25.2 Å². The maximum absolute atomic E-state index is 11.9. The van der Waals surface area contributed by atoms with Gasteiger partial charge in [-0.1, -0.05) is 0 Å². The lowest BCUT2D eigenvalue weighted by Crippen LogP contribution is -2.41. The quantitative estimate of drug-likeness (QED) is 0.191. The first-order valence-corrected chi connectivity index (χ1v) is 13.0. The first kappa shape index (κ1) is 25.8. The molecule has 3 rings (SSSR count). The lowest BCUT2D eigenvalue weighted by atomic mass is 9.92. The van der Waals surface area contributed by atoms with Crippen LogP contribution in [0.5, 0.6) is 0 Å². The minimum Gasteiger partial charge on any atom is -0.387 e. The summed E-state index contributed by atoms with van der Waals surface area (Å²) in [6.07, 6.45) is -4.44. The molecule has 1 aliphatic rings. The molecule has 2 aromatic rings. The van der Waals surface area contributed by atoms with Crippen molar-refractivity contribution in [2.24, 2.45) is 0 Å². The van der Waals surface area contributed by atoms with Crippen LogP contribution in [0.25, 0.3) is 5.52 Å². The van der Waals surface area contributed by atoms with Crippen molar-refractivity contribution in [1.29, 1.82) is 5.26 Å². The molecule has 2 aromatic heterocycles. The number of anilines is 1. The van der Waals surface area contributed by atoms with Gasteiger partial charge in [0.15, 0.2) is 5.82 Å². The number of rotatable bonds is 8. The standard InChI is InChI=1S/C12H16N5O13P3/c13-4-12(8-2-1-6-11(14)15-5-16-17(6)8)10(19)9(18)7(28-12)3-27-32(23,24)30-33(25,26)29-31(20,21)22/h1-2,5,7,9-10,18-19H,3H2,(H,23,24)(H,25,26)(H2,14,15,16)(H2,20,21,22)/t7-,9+,10?,12+/m1/s1. The molecule has 21 heteroatoms. The number of aliphatic hydroxyl groups excluding tert-OH is 2. The van der Waals surface area contributed by atoms with Crippen molar-refractivity contribution in [3.63, 3.8) is 0 Å². The van der Waals surface area contributed by atoms with Crippen molar-refractivity contribution < 1.29 is 61.4 Å². The van der Waals surface area contributed by atoms with Gasteiger partial charge in [0.2, 0.25) is 5.60 Å². The van der Waals surface area contributed by atoms with Gasteiger partial charge in [0.25, 0.3) is 0 Å². The number of phosphoric ester groups is 1. The lowest BCUT2D eigenvalue weighted by molar-refractivity contribution is -0.0634. The summed E-state index contributed by atoms with van der Waals surface area (Å²) in [6, 6.07) is 4.42. The number of nitrogen functional groups attached to an aromatic ring is 1. The maximum atomic E-state index is 11.9. The first-order valence-electron chi connectivity index (χ1n) is 8.43. The minimum absolute atomic E-state index is 0.0292. The second-order valence-corrected chi connectivity index (χ2v) is 10.9. The van der Waals surface area contributed by atoms with Crippen molar-refractivity contribution in [3.8, 4) is 6.07 Å². The predicted molar refractivity (Wildman–Crippen MR) is 101 cm³/mol. The summed E-state index contributed by atoms with van der Waals surface area (Å²) in [6.45, 7) is -1.09. The Kier molecular flexibility index (Phi) is 6.86. The van der Waals surface area contributed by atoms with Crippen LogP contribution in [-0.4, -0.2) is 69.3 Å². The van der Waals surface area contributed by atoms with Gasteiger partial charge in [-0.05, 0) is 12.1 Å². The van der Waals surface area contributed by atoms with E-state index in [1.54, 1.807) is 6.07 Å². The summed E-state index contributed by atoms with van der Waals surface area (Å²) in [5, 5.41) is 34.5. The Bertz CT molecular complexity index is 1240. The maximum Gasteiger partial charge on any atom is 0.490 e. The highest BCUT2D eigenvalue weighted by atomic mass is 31.3. The number of phosphoric acid groups is 3. The van der Waals surface area contributed by atoms with Crippen LogP contribution in [0.2, 0.25) is 0 Å². The molecule has 8 N–H and O–H groups in total. The second kappa shape index (κ2) is 8.77. The smallest absolute Gasteiger partial charge is 0.387 e. The van der Waals surface area contributed by atoms with Crippen molar-refractivity contribution in [1.82, 2.24) is 14.6 Å². The molecule has 1 saturated heterocycles. The Morgan fingerprint density at radius 3 is 2.45 bits per heavy atom. The number of fused-ring (bicyclic) bond motifs is 1. The molecule has 18 nitrogen and oxygen atoms in total. The number of nitriles is 1. The monoisotopic (exact) mass is 531 g/mol. The van der Waals surface area contributed by atoms with Gasteiger partial charge in [-0.2, -0.15) is 19.0 Å². The topological polar surface area (TPSA) is 290 Å². The summed E-state index contributed by atoms with van der Waals surface area (Å²) >= 11 is 0. The van der Waals surface area contributed by atoms with Crippen LogP contribution in [-0.2, 0) is 37.2 Å². The molecule has 1 fully saturated rings. The van der Waals surface area contributed by atoms with Crippen LogP contribution in [0.3, 0.4) is 0 Å². The molecule has 33 heavy (non-hydrogen) atoms. The molecule has 0 spiro atoms. The van der Waals surface area contributed by atoms with E-state index in [1.165, 1.54) is 12.1 Å². The fourth-order valence-electron chi connectivity index (χ4n) is 3.02. The van der Waals surface area contributed by atoms with Crippen LogP contribution in [0.4, 0.5) is 5.82 Å². The molecule has 0 saturated carbocycles. The SMILES string of the molecule is N#C[C@@]1(c2ccc3c(N)ncnn23)O[C@H](COP(=O)(O)OP(=O)(O)OP(=O)(O)O)[C@H](O)C1O. The summed E-state index contributed by atoms with van der Waals surface area (Å²) in [7, 11) is -16.9. The van der Waals surface area contributed by atoms with E-state index in [0.717, 1.165) is 10.8 Å².